The number of amidine groups is 1. The molecule has 0 unspecified atom stereocenters. The van der Waals surface area contributed by atoms with Crippen LogP contribution < -0.4 is 5.73 Å². The van der Waals surface area contributed by atoms with Crippen molar-refractivity contribution in [1.29, 1.82) is 5.41 Å². The van der Waals surface area contributed by atoms with E-state index in [1.54, 1.807) is 0 Å². The van der Waals surface area contributed by atoms with Crippen molar-refractivity contribution in [2.75, 3.05) is 7.11 Å². The van der Waals surface area contributed by atoms with Crippen LogP contribution in [0.2, 0.25) is 0 Å². The zero-order valence-corrected chi connectivity index (χ0v) is 16.0. The third-order valence-corrected chi connectivity index (χ3v) is 5.24. The van der Waals surface area contributed by atoms with Crippen molar-refractivity contribution in [2.24, 2.45) is 5.73 Å². The molecule has 0 saturated carbocycles. The SMILES string of the molecule is COC(=O)CCc1nnc(-c2ccc(-c3ccc(C(=N)N)cc3)cc2C)s1. The monoisotopic (exact) mass is 380 g/mol. The number of nitrogen functional groups attached to an aromatic ring is 1. The zero-order chi connectivity index (χ0) is 19.4. The van der Waals surface area contributed by atoms with Crippen molar-refractivity contribution in [2.45, 2.75) is 19.8 Å². The third kappa shape index (κ3) is 4.38. The Morgan fingerprint density at radius 2 is 1.85 bits per heavy atom. The number of hydrogen-bond acceptors (Lipinski definition) is 6. The second-order valence-corrected chi connectivity index (χ2v) is 7.16. The minimum atomic E-state index is -0.247. The summed E-state index contributed by atoms with van der Waals surface area (Å²) < 4.78 is 4.66. The van der Waals surface area contributed by atoms with Crippen LogP contribution in [-0.2, 0) is 16.0 Å². The van der Waals surface area contributed by atoms with E-state index in [1.165, 1.54) is 18.4 Å². The number of rotatable bonds is 6. The molecule has 1 aromatic heterocycles. The van der Waals surface area contributed by atoms with Gasteiger partial charge >= 0.3 is 5.97 Å². The Hall–Kier alpha value is -3.06. The predicted octanol–water partition coefficient (Wildman–Crippen LogP) is 3.57. The van der Waals surface area contributed by atoms with Gasteiger partial charge in [0.2, 0.25) is 0 Å². The van der Waals surface area contributed by atoms with Crippen molar-refractivity contribution < 1.29 is 9.53 Å². The third-order valence-electron chi connectivity index (χ3n) is 4.22. The fraction of sp³-hybridized carbons (Fsp3) is 0.200. The molecule has 0 radical (unpaired) electrons. The highest BCUT2D eigenvalue weighted by atomic mass is 32.1. The molecule has 3 rings (SSSR count). The van der Waals surface area contributed by atoms with E-state index in [0.717, 1.165) is 32.3 Å². The molecule has 2 aromatic carbocycles. The van der Waals surface area contributed by atoms with E-state index in [2.05, 4.69) is 21.0 Å². The predicted molar refractivity (Wildman–Crippen MR) is 107 cm³/mol. The first kappa shape index (κ1) is 18.7. The quantitative estimate of drug-likeness (QED) is 0.387. The summed E-state index contributed by atoms with van der Waals surface area (Å²) in [5.41, 5.74) is 10.5. The highest BCUT2D eigenvalue weighted by molar-refractivity contribution is 7.14. The van der Waals surface area contributed by atoms with Gasteiger partial charge in [0.1, 0.15) is 15.9 Å². The zero-order valence-electron chi connectivity index (χ0n) is 15.2. The molecule has 0 spiro atoms. The normalized spacial score (nSPS) is 10.6. The van der Waals surface area contributed by atoms with Crippen LogP contribution in [0, 0.1) is 12.3 Å². The van der Waals surface area contributed by atoms with Gasteiger partial charge in [0, 0.05) is 17.5 Å². The van der Waals surface area contributed by atoms with Gasteiger partial charge in [0.25, 0.3) is 0 Å². The first-order valence-corrected chi connectivity index (χ1v) is 9.24. The molecule has 0 bridgehead atoms. The van der Waals surface area contributed by atoms with E-state index < -0.39 is 0 Å². The summed E-state index contributed by atoms with van der Waals surface area (Å²) in [6, 6.07) is 13.8. The summed E-state index contributed by atoms with van der Waals surface area (Å²) in [6.07, 6.45) is 0.837. The second-order valence-electron chi connectivity index (χ2n) is 6.10. The number of nitrogens with zero attached hydrogens (tertiary/aromatic N) is 2. The van der Waals surface area contributed by atoms with Crippen LogP contribution in [0.5, 0.6) is 0 Å². The Labute approximate surface area is 161 Å². The van der Waals surface area contributed by atoms with Gasteiger partial charge in [-0.1, -0.05) is 53.8 Å². The minimum Gasteiger partial charge on any atom is -0.469 e. The van der Waals surface area contributed by atoms with E-state index in [-0.39, 0.29) is 11.8 Å². The number of nitrogens with two attached hydrogens (primary N) is 1. The van der Waals surface area contributed by atoms with Crippen molar-refractivity contribution in [3.63, 3.8) is 0 Å². The molecule has 1 heterocycles. The van der Waals surface area contributed by atoms with E-state index in [9.17, 15) is 4.79 Å². The van der Waals surface area contributed by atoms with Crippen LogP contribution in [0.3, 0.4) is 0 Å². The average Bonchev–Trinajstić information content (AvgIpc) is 3.14. The number of esters is 1. The standard InChI is InChI=1S/C20H20N4O2S/c1-12-11-15(13-3-5-14(6-4-13)19(21)22)7-8-16(12)20-24-23-17(27-20)9-10-18(25)26-2/h3-8,11H,9-10H2,1-2H3,(H3,21,22). The number of aryl methyl sites for hydroxylation is 2. The molecule has 0 atom stereocenters. The van der Waals surface area contributed by atoms with E-state index in [0.29, 0.717) is 18.4 Å². The lowest BCUT2D eigenvalue weighted by atomic mass is 9.99. The molecular formula is C20H20N4O2S. The molecule has 27 heavy (non-hydrogen) atoms. The van der Waals surface area contributed by atoms with Gasteiger partial charge in [-0.25, -0.2) is 0 Å². The second kappa shape index (κ2) is 8.09. The van der Waals surface area contributed by atoms with Gasteiger partial charge in [-0.2, -0.15) is 0 Å². The average molecular weight is 380 g/mol. The maximum atomic E-state index is 11.3. The largest absolute Gasteiger partial charge is 0.469 e. The Bertz CT molecular complexity index is 980. The van der Waals surface area contributed by atoms with Crippen LogP contribution in [0.4, 0.5) is 0 Å². The summed E-state index contributed by atoms with van der Waals surface area (Å²) in [5.74, 6) is -0.185. The van der Waals surface area contributed by atoms with Gasteiger partial charge in [0.05, 0.1) is 13.5 Å². The number of aromatic nitrogens is 2. The molecule has 0 fully saturated rings. The lowest BCUT2D eigenvalue weighted by molar-refractivity contribution is -0.140. The number of carbonyl (C=O) groups is 1. The highest BCUT2D eigenvalue weighted by Gasteiger charge is 2.12. The minimum absolute atomic E-state index is 0.0624. The highest BCUT2D eigenvalue weighted by Crippen LogP contribution is 2.30. The molecule has 0 amide bonds. The van der Waals surface area contributed by atoms with Gasteiger partial charge in [0.15, 0.2) is 0 Å². The topological polar surface area (TPSA) is 102 Å². The molecule has 3 N–H and O–H groups in total. The van der Waals surface area contributed by atoms with E-state index >= 15 is 0 Å². The maximum Gasteiger partial charge on any atom is 0.305 e. The van der Waals surface area contributed by atoms with Crippen LogP contribution in [0.1, 0.15) is 22.6 Å². The number of benzene rings is 2. The Kier molecular flexibility index (Phi) is 5.61. The van der Waals surface area contributed by atoms with Gasteiger partial charge in [-0.15, -0.1) is 10.2 Å². The number of ether oxygens (including phenoxy) is 1. The van der Waals surface area contributed by atoms with Crippen molar-refractivity contribution >= 4 is 23.1 Å². The van der Waals surface area contributed by atoms with Gasteiger partial charge < -0.3 is 10.5 Å². The number of hydrogen-bond donors (Lipinski definition) is 2. The van der Waals surface area contributed by atoms with Gasteiger partial charge in [-0.05, 0) is 23.6 Å². The summed E-state index contributed by atoms with van der Waals surface area (Å²) >= 11 is 1.49. The van der Waals surface area contributed by atoms with Crippen molar-refractivity contribution in [3.05, 3.63) is 58.6 Å². The lowest BCUT2D eigenvalue weighted by Gasteiger charge is -2.07. The summed E-state index contributed by atoms with van der Waals surface area (Å²) in [6.45, 7) is 2.04. The molecule has 3 aromatic rings. The van der Waals surface area contributed by atoms with Crippen molar-refractivity contribution in [3.8, 4) is 21.7 Å². The fourth-order valence-electron chi connectivity index (χ4n) is 2.70. The van der Waals surface area contributed by atoms with Crippen LogP contribution in [-0.4, -0.2) is 29.1 Å². The first-order valence-electron chi connectivity index (χ1n) is 8.43. The smallest absolute Gasteiger partial charge is 0.305 e. The van der Waals surface area contributed by atoms with Crippen molar-refractivity contribution in [1.82, 2.24) is 10.2 Å². The van der Waals surface area contributed by atoms with Crippen LogP contribution in [0.15, 0.2) is 42.5 Å². The molecular weight excluding hydrogens is 360 g/mol. The molecule has 6 nitrogen and oxygen atoms in total. The van der Waals surface area contributed by atoms with Crippen LogP contribution in [0.25, 0.3) is 21.7 Å². The summed E-state index contributed by atoms with van der Waals surface area (Å²) in [7, 11) is 1.38. The molecule has 0 saturated heterocycles. The molecule has 0 aliphatic carbocycles. The lowest BCUT2D eigenvalue weighted by Crippen LogP contribution is -2.10. The summed E-state index contributed by atoms with van der Waals surface area (Å²) in [4.78, 5) is 11.3. The van der Waals surface area contributed by atoms with Crippen LogP contribution >= 0.6 is 11.3 Å². The number of carbonyl (C=O) groups excluding carboxylic acids is 1. The molecule has 0 aliphatic rings. The van der Waals surface area contributed by atoms with E-state index in [4.69, 9.17) is 11.1 Å². The Morgan fingerprint density at radius 1 is 1.15 bits per heavy atom. The fourth-order valence-corrected chi connectivity index (χ4v) is 3.63. The van der Waals surface area contributed by atoms with E-state index in [1.807, 2.05) is 43.3 Å². The molecule has 0 aliphatic heterocycles. The van der Waals surface area contributed by atoms with Gasteiger partial charge in [-0.3, -0.25) is 10.2 Å². The molecule has 138 valence electrons. The Balaban J connectivity index is 1.80. The number of methoxy groups -OCH3 is 1. The first-order chi connectivity index (χ1) is 13.0. The maximum absolute atomic E-state index is 11.3. The number of nitrogens with one attached hydrogen (secondary N) is 1. The summed E-state index contributed by atoms with van der Waals surface area (Å²) in [5, 5.41) is 17.6. The molecule has 7 heteroatoms. The Morgan fingerprint density at radius 3 is 2.48 bits per heavy atom.